The Morgan fingerprint density at radius 1 is 1.56 bits per heavy atom. The molecule has 0 radical (unpaired) electrons. The minimum Gasteiger partial charge on any atom is -0.466 e. The molecule has 18 heavy (non-hydrogen) atoms. The van der Waals surface area contributed by atoms with Gasteiger partial charge >= 0.3 is 12.1 Å². The van der Waals surface area contributed by atoms with E-state index in [0.717, 1.165) is 7.11 Å². The first-order valence-electron chi connectivity index (χ1n) is 4.64. The third-order valence-electron chi connectivity index (χ3n) is 2.21. The second-order valence-corrected chi connectivity index (χ2v) is 4.33. The molecule has 0 saturated carbocycles. The highest BCUT2D eigenvalue weighted by Gasteiger charge is 2.61. The van der Waals surface area contributed by atoms with Crippen molar-refractivity contribution < 1.29 is 27.8 Å². The summed E-state index contributed by atoms with van der Waals surface area (Å²) < 4.78 is 43.1. The molecule has 0 spiro atoms. The topological polar surface area (TPSA) is 59.4 Å². The van der Waals surface area contributed by atoms with Gasteiger partial charge in [0.25, 0.3) is 0 Å². The molecule has 0 fully saturated rings. The van der Waals surface area contributed by atoms with Gasteiger partial charge in [-0.25, -0.2) is 9.78 Å². The number of hydrogen-bond acceptors (Lipinski definition) is 5. The Morgan fingerprint density at radius 3 is 2.44 bits per heavy atom. The van der Waals surface area contributed by atoms with Crippen LogP contribution in [-0.2, 0) is 15.1 Å². The summed E-state index contributed by atoms with van der Waals surface area (Å²) in [6.07, 6.45) is -5.12. The minimum atomic E-state index is -5.12. The number of aryl methyl sites for hydroxylation is 1. The molecular formula is C10H10F3NO3S. The van der Waals surface area contributed by atoms with E-state index < -0.39 is 28.3 Å². The number of thiazole rings is 1. The highest BCUT2D eigenvalue weighted by molar-refractivity contribution is 7.09. The Kier molecular flexibility index (Phi) is 3.82. The predicted octanol–water partition coefficient (Wildman–Crippen LogP) is 1.93. The van der Waals surface area contributed by atoms with E-state index in [1.165, 1.54) is 12.3 Å². The maximum absolute atomic E-state index is 13.0. The summed E-state index contributed by atoms with van der Waals surface area (Å²) in [5, 5.41) is 10.5. The first kappa shape index (κ1) is 14.7. The summed E-state index contributed by atoms with van der Waals surface area (Å²) in [6, 6.07) is 0. The number of carbonyl (C=O) groups excluding carboxylic acids is 1. The van der Waals surface area contributed by atoms with Crippen LogP contribution >= 0.6 is 11.3 Å². The van der Waals surface area contributed by atoms with Crippen LogP contribution in [0.5, 0.6) is 0 Å². The van der Waals surface area contributed by atoms with Crippen molar-refractivity contribution in [3.05, 3.63) is 28.2 Å². The normalized spacial score (nSPS) is 15.0. The van der Waals surface area contributed by atoms with Crippen LogP contribution in [0.25, 0.3) is 0 Å². The van der Waals surface area contributed by atoms with Gasteiger partial charge in [-0.3, -0.25) is 0 Å². The van der Waals surface area contributed by atoms with E-state index in [1.54, 1.807) is 0 Å². The molecule has 0 aliphatic rings. The maximum Gasteiger partial charge on any atom is 0.428 e. The van der Waals surface area contributed by atoms with Gasteiger partial charge in [-0.2, -0.15) is 13.2 Å². The predicted molar refractivity (Wildman–Crippen MR) is 58.0 cm³/mol. The zero-order valence-corrected chi connectivity index (χ0v) is 10.4. The molecule has 0 saturated heterocycles. The largest absolute Gasteiger partial charge is 0.466 e. The Bertz CT molecular complexity index is 483. The smallest absolute Gasteiger partial charge is 0.428 e. The molecule has 0 amide bonds. The molecule has 8 heteroatoms. The number of alkyl halides is 3. The van der Waals surface area contributed by atoms with Crippen molar-refractivity contribution in [2.24, 2.45) is 0 Å². The molecule has 4 nitrogen and oxygen atoms in total. The molecule has 100 valence electrons. The van der Waals surface area contributed by atoms with Crippen LogP contribution in [0, 0.1) is 6.92 Å². The molecule has 1 aromatic heterocycles. The molecule has 0 bridgehead atoms. The summed E-state index contributed by atoms with van der Waals surface area (Å²) in [7, 11) is 0.900. The molecule has 1 atom stereocenters. The van der Waals surface area contributed by atoms with Crippen molar-refractivity contribution in [3.63, 3.8) is 0 Å². The molecule has 1 N–H and O–H groups in total. The average Bonchev–Trinajstić information content (AvgIpc) is 2.71. The van der Waals surface area contributed by atoms with Gasteiger partial charge in [0.15, 0.2) is 0 Å². The quantitative estimate of drug-likeness (QED) is 0.679. The van der Waals surface area contributed by atoms with Gasteiger partial charge in [-0.15, -0.1) is 11.3 Å². The summed E-state index contributed by atoms with van der Waals surface area (Å²) in [4.78, 5) is 14.7. The molecule has 0 aromatic carbocycles. The number of carbonyl (C=O) groups is 1. The Balaban J connectivity index is 3.37. The number of esters is 1. The molecule has 1 rings (SSSR count). The number of aliphatic hydroxyl groups is 1. The Labute approximate surface area is 105 Å². The third kappa shape index (κ3) is 2.25. The van der Waals surface area contributed by atoms with Gasteiger partial charge in [0, 0.05) is 11.1 Å². The Morgan fingerprint density at radius 2 is 2.11 bits per heavy atom. The number of aromatic nitrogens is 1. The number of rotatable bonds is 3. The molecule has 1 heterocycles. The van der Waals surface area contributed by atoms with Gasteiger partial charge in [0.1, 0.15) is 5.01 Å². The lowest BCUT2D eigenvalue weighted by Crippen LogP contribution is -2.46. The first-order chi connectivity index (χ1) is 8.14. The number of nitrogens with zero attached hydrogens (tertiary/aromatic N) is 1. The standard InChI is InChI=1S/C10H10F3NO3S/c1-5-4-18-8(14-5)9(16,10(11,12)13)6(2)7(15)17-3/h4,16H,2H2,1,3H3. The molecular weight excluding hydrogens is 271 g/mol. The van der Waals surface area contributed by atoms with Crippen LogP contribution < -0.4 is 0 Å². The highest BCUT2D eigenvalue weighted by atomic mass is 32.1. The summed E-state index contributed by atoms with van der Waals surface area (Å²) in [5.74, 6) is -1.34. The fourth-order valence-electron chi connectivity index (χ4n) is 1.21. The number of hydrogen-bond donors (Lipinski definition) is 1. The highest BCUT2D eigenvalue weighted by Crippen LogP contribution is 2.45. The average molecular weight is 281 g/mol. The number of ether oxygens (including phenoxy) is 1. The van der Waals surface area contributed by atoms with E-state index in [9.17, 15) is 23.1 Å². The van der Waals surface area contributed by atoms with Crippen LogP contribution in [0.1, 0.15) is 10.7 Å². The first-order valence-corrected chi connectivity index (χ1v) is 5.52. The van der Waals surface area contributed by atoms with Crippen molar-refractivity contribution >= 4 is 17.3 Å². The molecule has 1 unspecified atom stereocenters. The minimum absolute atomic E-state index is 0.301. The molecule has 1 aromatic rings. The van der Waals surface area contributed by atoms with Gasteiger partial charge in [0.05, 0.1) is 12.7 Å². The Hall–Kier alpha value is -1.41. The van der Waals surface area contributed by atoms with Crippen LogP contribution in [0.2, 0.25) is 0 Å². The lowest BCUT2D eigenvalue weighted by atomic mass is 9.94. The molecule has 0 aliphatic heterocycles. The van der Waals surface area contributed by atoms with E-state index in [-0.39, 0.29) is 0 Å². The lowest BCUT2D eigenvalue weighted by molar-refractivity contribution is -0.251. The van der Waals surface area contributed by atoms with Crippen molar-refractivity contribution in [2.45, 2.75) is 18.7 Å². The van der Waals surface area contributed by atoms with Crippen LogP contribution in [-0.4, -0.2) is 29.3 Å². The third-order valence-corrected chi connectivity index (χ3v) is 3.28. The van der Waals surface area contributed by atoms with E-state index >= 15 is 0 Å². The summed E-state index contributed by atoms with van der Waals surface area (Å²) in [6.45, 7) is 4.44. The van der Waals surface area contributed by atoms with Crippen LogP contribution in [0.3, 0.4) is 0 Å². The fraction of sp³-hybridized carbons (Fsp3) is 0.400. The van der Waals surface area contributed by atoms with Crippen LogP contribution in [0.15, 0.2) is 17.5 Å². The zero-order valence-electron chi connectivity index (χ0n) is 9.54. The van der Waals surface area contributed by atoms with Crippen LogP contribution in [0.4, 0.5) is 13.2 Å². The summed E-state index contributed by atoms with van der Waals surface area (Å²) in [5.41, 5.74) is -4.35. The number of halogens is 3. The second-order valence-electron chi connectivity index (χ2n) is 3.47. The summed E-state index contributed by atoms with van der Waals surface area (Å²) >= 11 is 0.590. The van der Waals surface area contributed by atoms with Crippen molar-refractivity contribution in [2.75, 3.05) is 7.11 Å². The van der Waals surface area contributed by atoms with Crippen molar-refractivity contribution in [1.29, 1.82) is 0 Å². The van der Waals surface area contributed by atoms with Gasteiger partial charge in [-0.1, -0.05) is 6.58 Å². The maximum atomic E-state index is 13.0. The van der Waals surface area contributed by atoms with Gasteiger partial charge in [-0.05, 0) is 6.92 Å². The van der Waals surface area contributed by atoms with Crippen molar-refractivity contribution in [1.82, 2.24) is 4.98 Å². The van der Waals surface area contributed by atoms with E-state index in [4.69, 9.17) is 0 Å². The zero-order chi connectivity index (χ0) is 14.1. The second kappa shape index (κ2) is 4.69. The van der Waals surface area contributed by atoms with Gasteiger partial charge in [0.2, 0.25) is 5.60 Å². The monoisotopic (exact) mass is 281 g/mol. The SMILES string of the molecule is C=C(C(=O)OC)C(O)(c1nc(C)cs1)C(F)(F)F. The molecule has 0 aliphatic carbocycles. The number of methoxy groups -OCH3 is 1. The van der Waals surface area contributed by atoms with Crippen molar-refractivity contribution in [3.8, 4) is 0 Å². The van der Waals surface area contributed by atoms with Gasteiger partial charge < -0.3 is 9.84 Å². The van der Waals surface area contributed by atoms with E-state index in [2.05, 4.69) is 16.3 Å². The lowest BCUT2D eigenvalue weighted by Gasteiger charge is -2.28. The van der Waals surface area contributed by atoms with E-state index in [0.29, 0.717) is 17.0 Å². The van der Waals surface area contributed by atoms with E-state index in [1.807, 2.05) is 0 Å². The fourth-order valence-corrected chi connectivity index (χ4v) is 2.15.